The Balaban J connectivity index is 2.38. The Morgan fingerprint density at radius 1 is 1.30 bits per heavy atom. The molecule has 0 aromatic rings. The molecule has 1 aliphatic carbocycles. The van der Waals surface area contributed by atoms with Gasteiger partial charge < -0.3 is 5.32 Å². The zero-order chi connectivity index (χ0) is 7.61. The highest BCUT2D eigenvalue weighted by molar-refractivity contribution is 5.06. The molecule has 1 N–H and O–H groups in total. The van der Waals surface area contributed by atoms with Crippen molar-refractivity contribution >= 4 is 0 Å². The van der Waals surface area contributed by atoms with Crippen LogP contribution in [0.4, 0.5) is 0 Å². The fourth-order valence-corrected chi connectivity index (χ4v) is 1.58. The summed E-state index contributed by atoms with van der Waals surface area (Å²) in [4.78, 5) is 0. The Labute approximate surface area is 63.5 Å². The lowest BCUT2D eigenvalue weighted by atomic mass is 9.99. The lowest BCUT2D eigenvalue weighted by Gasteiger charge is -2.27. The van der Waals surface area contributed by atoms with Crippen LogP contribution in [0.2, 0.25) is 0 Å². The van der Waals surface area contributed by atoms with Crippen LogP contribution < -0.4 is 5.32 Å². The number of rotatable bonds is 2. The van der Waals surface area contributed by atoms with Crippen LogP contribution in [0.5, 0.6) is 0 Å². The first kappa shape index (κ1) is 7.80. The predicted molar refractivity (Wildman–Crippen MR) is 45.1 cm³/mol. The van der Waals surface area contributed by atoms with Crippen molar-refractivity contribution in [2.75, 3.05) is 0 Å². The number of nitrogens with one attached hydrogen (secondary N) is 1. The van der Waals surface area contributed by atoms with Gasteiger partial charge in [0.1, 0.15) is 0 Å². The van der Waals surface area contributed by atoms with E-state index < -0.39 is 0 Å². The summed E-state index contributed by atoms with van der Waals surface area (Å²) in [7, 11) is 0. The van der Waals surface area contributed by atoms with Gasteiger partial charge in [-0.25, -0.2) is 0 Å². The fourth-order valence-electron chi connectivity index (χ4n) is 1.58. The Bertz CT molecular complexity index is 128. The Morgan fingerprint density at radius 2 is 1.80 bits per heavy atom. The molecule has 1 aliphatic rings. The summed E-state index contributed by atoms with van der Waals surface area (Å²) >= 11 is 0. The second-order valence-corrected chi connectivity index (χ2v) is 3.74. The van der Waals surface area contributed by atoms with Crippen LogP contribution in [0.15, 0.2) is 12.2 Å². The Kier molecular flexibility index (Phi) is 2.14. The third-order valence-electron chi connectivity index (χ3n) is 1.94. The molecule has 0 aromatic heterocycles. The Morgan fingerprint density at radius 3 is 2.20 bits per heavy atom. The average Bonchev–Trinajstić information content (AvgIpc) is 2.12. The highest BCUT2D eigenvalue weighted by Gasteiger charge is 2.24. The molecular formula is C9H17N. The summed E-state index contributed by atoms with van der Waals surface area (Å²) in [5.41, 5.74) is 0.355. The van der Waals surface area contributed by atoms with Gasteiger partial charge in [0, 0.05) is 11.6 Å². The summed E-state index contributed by atoms with van der Waals surface area (Å²) in [5, 5.41) is 3.56. The first-order valence-corrected chi connectivity index (χ1v) is 4.05. The lowest BCUT2D eigenvalue weighted by molar-refractivity contribution is 0.345. The van der Waals surface area contributed by atoms with E-state index in [0.717, 1.165) is 0 Å². The van der Waals surface area contributed by atoms with Gasteiger partial charge in [-0.05, 0) is 19.8 Å². The average molecular weight is 139 g/mol. The molecule has 0 bridgehead atoms. The second kappa shape index (κ2) is 2.75. The van der Waals surface area contributed by atoms with Gasteiger partial charge in [-0.3, -0.25) is 0 Å². The summed E-state index contributed by atoms with van der Waals surface area (Å²) < 4.78 is 0. The van der Waals surface area contributed by atoms with Crippen LogP contribution in [0.1, 0.15) is 33.6 Å². The zero-order valence-corrected chi connectivity index (χ0v) is 7.15. The zero-order valence-electron chi connectivity index (χ0n) is 7.15. The third-order valence-corrected chi connectivity index (χ3v) is 1.94. The monoisotopic (exact) mass is 139 g/mol. The van der Waals surface area contributed by atoms with Gasteiger partial charge in [-0.2, -0.15) is 0 Å². The van der Waals surface area contributed by atoms with E-state index in [1.807, 2.05) is 0 Å². The molecule has 0 spiro atoms. The molecule has 0 radical (unpaired) electrons. The van der Waals surface area contributed by atoms with Gasteiger partial charge in [-0.15, -0.1) is 0 Å². The van der Waals surface area contributed by atoms with Crippen molar-refractivity contribution in [2.24, 2.45) is 0 Å². The molecule has 0 aliphatic heterocycles. The van der Waals surface area contributed by atoms with E-state index in [9.17, 15) is 0 Å². The summed E-state index contributed by atoms with van der Waals surface area (Å²) in [6.45, 7) is 6.68. The maximum atomic E-state index is 3.56. The fraction of sp³-hybridized carbons (Fsp3) is 0.778. The van der Waals surface area contributed by atoms with Crippen LogP contribution in [0.25, 0.3) is 0 Å². The molecule has 58 valence electrons. The summed E-state index contributed by atoms with van der Waals surface area (Å²) in [6, 6.07) is 0.602. The largest absolute Gasteiger partial charge is 0.309 e. The van der Waals surface area contributed by atoms with Crippen LogP contribution in [-0.2, 0) is 0 Å². The van der Waals surface area contributed by atoms with Crippen LogP contribution in [0, 0.1) is 0 Å². The first-order valence-electron chi connectivity index (χ1n) is 4.05. The van der Waals surface area contributed by atoms with Crippen molar-refractivity contribution in [1.29, 1.82) is 0 Å². The maximum Gasteiger partial charge on any atom is 0.0224 e. The highest BCUT2D eigenvalue weighted by atomic mass is 15.0. The van der Waals surface area contributed by atoms with E-state index in [1.54, 1.807) is 0 Å². The van der Waals surface area contributed by atoms with Gasteiger partial charge in [-0.1, -0.05) is 26.0 Å². The van der Waals surface area contributed by atoms with Crippen molar-refractivity contribution in [3.05, 3.63) is 12.2 Å². The van der Waals surface area contributed by atoms with Crippen molar-refractivity contribution in [3.63, 3.8) is 0 Å². The van der Waals surface area contributed by atoms with E-state index in [0.29, 0.717) is 11.6 Å². The smallest absolute Gasteiger partial charge is 0.0224 e. The van der Waals surface area contributed by atoms with Crippen molar-refractivity contribution in [1.82, 2.24) is 5.32 Å². The van der Waals surface area contributed by atoms with Crippen molar-refractivity contribution in [2.45, 2.75) is 45.2 Å². The maximum absolute atomic E-state index is 3.56. The summed E-state index contributed by atoms with van der Waals surface area (Å²) in [6.07, 6.45) is 6.89. The molecule has 0 saturated carbocycles. The molecule has 0 saturated heterocycles. The molecule has 0 atom stereocenters. The molecule has 0 fully saturated rings. The molecular weight excluding hydrogens is 122 g/mol. The van der Waals surface area contributed by atoms with Crippen LogP contribution >= 0.6 is 0 Å². The minimum atomic E-state index is 0.355. The van der Waals surface area contributed by atoms with Crippen molar-refractivity contribution < 1.29 is 0 Å². The molecule has 0 unspecified atom stereocenters. The minimum absolute atomic E-state index is 0.355. The van der Waals surface area contributed by atoms with E-state index in [-0.39, 0.29) is 0 Å². The molecule has 1 heteroatoms. The number of hydrogen-bond acceptors (Lipinski definition) is 1. The van der Waals surface area contributed by atoms with Crippen molar-refractivity contribution in [3.8, 4) is 0 Å². The standard InChI is InChI=1S/C9H17N/c1-8(2)10-9(3)6-4-5-7-9/h4-5,8,10H,6-7H2,1-3H3. The van der Waals surface area contributed by atoms with Gasteiger partial charge in [0.2, 0.25) is 0 Å². The van der Waals surface area contributed by atoms with E-state index in [1.165, 1.54) is 12.8 Å². The van der Waals surface area contributed by atoms with Crippen LogP contribution in [0.3, 0.4) is 0 Å². The van der Waals surface area contributed by atoms with Gasteiger partial charge in [0.25, 0.3) is 0 Å². The molecule has 0 amide bonds. The molecule has 1 nitrogen and oxygen atoms in total. The van der Waals surface area contributed by atoms with E-state index in [4.69, 9.17) is 0 Å². The van der Waals surface area contributed by atoms with Gasteiger partial charge in [0.15, 0.2) is 0 Å². The van der Waals surface area contributed by atoms with Crippen LogP contribution in [-0.4, -0.2) is 11.6 Å². The molecule has 1 rings (SSSR count). The normalized spacial score (nSPS) is 22.4. The minimum Gasteiger partial charge on any atom is -0.309 e. The van der Waals surface area contributed by atoms with Gasteiger partial charge >= 0.3 is 0 Å². The summed E-state index contributed by atoms with van der Waals surface area (Å²) in [5.74, 6) is 0. The SMILES string of the molecule is CC(C)NC1(C)CC=CC1. The lowest BCUT2D eigenvalue weighted by Crippen LogP contribution is -2.43. The molecule has 10 heavy (non-hydrogen) atoms. The molecule has 0 heterocycles. The quantitative estimate of drug-likeness (QED) is 0.578. The highest BCUT2D eigenvalue weighted by Crippen LogP contribution is 2.22. The third kappa shape index (κ3) is 1.84. The van der Waals surface area contributed by atoms with E-state index >= 15 is 0 Å². The predicted octanol–water partition coefficient (Wildman–Crippen LogP) is 2.09. The second-order valence-electron chi connectivity index (χ2n) is 3.74. The topological polar surface area (TPSA) is 12.0 Å². The molecule has 0 aromatic carbocycles. The van der Waals surface area contributed by atoms with Gasteiger partial charge in [0.05, 0.1) is 0 Å². The van der Waals surface area contributed by atoms with E-state index in [2.05, 4.69) is 38.2 Å². The Hall–Kier alpha value is -0.300. The number of hydrogen-bond donors (Lipinski definition) is 1. The first-order chi connectivity index (χ1) is 4.62.